The largest absolute Gasteiger partial charge is 0.466 e. The van der Waals surface area contributed by atoms with Crippen LogP contribution in [0.2, 0.25) is 0 Å². The number of esters is 1. The normalized spacial score (nSPS) is 23.2. The van der Waals surface area contributed by atoms with Crippen molar-refractivity contribution in [2.75, 3.05) is 6.61 Å². The van der Waals surface area contributed by atoms with Gasteiger partial charge in [-0.2, -0.15) is 5.26 Å². The number of hydrogen-bond donors (Lipinski definition) is 0. The highest BCUT2D eigenvalue weighted by atomic mass is 16.5. The maximum absolute atomic E-state index is 12.3. The molecule has 1 unspecified atom stereocenters. The lowest BCUT2D eigenvalue weighted by atomic mass is 9.89. The number of Topliss-reactive ketones (excluding diaryl/α,β-unsaturated/α-hetero) is 1. The molecule has 0 N–H and O–H groups in total. The molecule has 0 amide bonds. The van der Waals surface area contributed by atoms with Gasteiger partial charge in [0, 0.05) is 6.42 Å². The molecule has 0 aliphatic heterocycles. The summed E-state index contributed by atoms with van der Waals surface area (Å²) in [7, 11) is 0. The molecule has 0 radical (unpaired) electrons. The molecule has 1 saturated carbocycles. The van der Waals surface area contributed by atoms with Crippen LogP contribution < -0.4 is 0 Å². The van der Waals surface area contributed by atoms with E-state index in [1.165, 1.54) is 0 Å². The fraction of sp³-hybridized carbons (Fsp3) is 0.526. The number of carbonyl (C=O) groups excluding carboxylic acids is 2. The van der Waals surface area contributed by atoms with Crippen LogP contribution in [0.15, 0.2) is 30.3 Å². The van der Waals surface area contributed by atoms with Crippen molar-refractivity contribution in [1.82, 2.24) is 0 Å². The van der Waals surface area contributed by atoms with Crippen LogP contribution in [-0.4, -0.2) is 18.4 Å². The standard InChI is InChI=1S/C19H23NO3/c1-2-23-19(22)18-13-14(8-9-16(21)10-11-20)12-17(18)15-6-4-3-5-7-15/h3-7,14,17-18H,2,8-10,12-13H2,1H3/t14?,17-,18+/m0/s1. The first kappa shape index (κ1) is 17.2. The average Bonchev–Trinajstić information content (AvgIpc) is 2.99. The topological polar surface area (TPSA) is 67.2 Å². The summed E-state index contributed by atoms with van der Waals surface area (Å²) in [5, 5.41) is 8.56. The Kier molecular flexibility index (Phi) is 6.34. The molecule has 2 rings (SSSR count). The van der Waals surface area contributed by atoms with Crippen molar-refractivity contribution >= 4 is 11.8 Å². The van der Waals surface area contributed by atoms with Crippen molar-refractivity contribution in [3.05, 3.63) is 35.9 Å². The number of hydrogen-bond acceptors (Lipinski definition) is 4. The summed E-state index contributed by atoms with van der Waals surface area (Å²) in [4.78, 5) is 23.8. The van der Waals surface area contributed by atoms with Gasteiger partial charge in [-0.25, -0.2) is 0 Å². The summed E-state index contributed by atoms with van der Waals surface area (Å²) in [6, 6.07) is 12.0. The zero-order chi connectivity index (χ0) is 16.7. The second-order valence-electron chi connectivity index (χ2n) is 6.13. The number of ether oxygens (including phenoxy) is 1. The Labute approximate surface area is 137 Å². The zero-order valence-electron chi connectivity index (χ0n) is 13.5. The number of ketones is 1. The molecule has 4 heteroatoms. The van der Waals surface area contributed by atoms with Gasteiger partial charge in [-0.1, -0.05) is 30.3 Å². The SMILES string of the molecule is CCOC(=O)[C@@H]1CC(CCC(=O)CC#N)C[C@H]1c1ccccc1. The molecule has 0 saturated heterocycles. The Balaban J connectivity index is 2.05. The lowest BCUT2D eigenvalue weighted by Crippen LogP contribution is -2.20. The molecule has 0 heterocycles. The van der Waals surface area contributed by atoms with E-state index in [1.54, 1.807) is 0 Å². The maximum atomic E-state index is 12.3. The first-order chi connectivity index (χ1) is 11.2. The van der Waals surface area contributed by atoms with Gasteiger partial charge in [-0.15, -0.1) is 0 Å². The van der Waals surface area contributed by atoms with Gasteiger partial charge in [0.05, 0.1) is 25.0 Å². The molecule has 23 heavy (non-hydrogen) atoms. The molecule has 0 spiro atoms. The number of benzene rings is 1. The predicted octanol–water partition coefficient (Wildman–Crippen LogP) is 3.62. The van der Waals surface area contributed by atoms with E-state index in [-0.39, 0.29) is 30.0 Å². The van der Waals surface area contributed by atoms with E-state index in [9.17, 15) is 9.59 Å². The summed E-state index contributed by atoms with van der Waals surface area (Å²) < 4.78 is 5.24. The van der Waals surface area contributed by atoms with E-state index in [0.717, 1.165) is 24.8 Å². The van der Waals surface area contributed by atoms with Gasteiger partial charge < -0.3 is 4.74 Å². The quantitative estimate of drug-likeness (QED) is 0.721. The summed E-state index contributed by atoms with van der Waals surface area (Å²) in [5.74, 6) is 0.215. The number of carbonyl (C=O) groups is 2. The van der Waals surface area contributed by atoms with Gasteiger partial charge in [0.1, 0.15) is 5.78 Å². The Morgan fingerprint density at radius 2 is 2.00 bits per heavy atom. The first-order valence-corrected chi connectivity index (χ1v) is 8.26. The fourth-order valence-corrected chi connectivity index (χ4v) is 3.50. The molecule has 4 nitrogen and oxygen atoms in total. The first-order valence-electron chi connectivity index (χ1n) is 8.26. The van der Waals surface area contributed by atoms with Crippen LogP contribution >= 0.6 is 0 Å². The number of rotatable bonds is 7. The fourth-order valence-electron chi connectivity index (χ4n) is 3.50. The van der Waals surface area contributed by atoms with Crippen molar-refractivity contribution in [2.24, 2.45) is 11.8 Å². The Morgan fingerprint density at radius 1 is 1.26 bits per heavy atom. The van der Waals surface area contributed by atoms with Gasteiger partial charge in [0.15, 0.2) is 0 Å². The lowest BCUT2D eigenvalue weighted by Gasteiger charge is -2.18. The summed E-state index contributed by atoms with van der Waals surface area (Å²) in [5.41, 5.74) is 1.16. The minimum absolute atomic E-state index is 0.0108. The third kappa shape index (κ3) is 4.66. The van der Waals surface area contributed by atoms with Crippen molar-refractivity contribution < 1.29 is 14.3 Å². The Morgan fingerprint density at radius 3 is 2.65 bits per heavy atom. The van der Waals surface area contributed by atoms with Crippen LogP contribution in [0.25, 0.3) is 0 Å². The number of nitrogens with zero attached hydrogens (tertiary/aromatic N) is 1. The molecule has 1 aromatic carbocycles. The Hall–Kier alpha value is -2.15. The minimum Gasteiger partial charge on any atom is -0.466 e. The van der Waals surface area contributed by atoms with E-state index >= 15 is 0 Å². The van der Waals surface area contributed by atoms with Crippen LogP contribution in [0.1, 0.15) is 50.5 Å². The van der Waals surface area contributed by atoms with Gasteiger partial charge in [-0.05, 0) is 43.6 Å². The molecule has 1 aliphatic rings. The molecule has 122 valence electrons. The van der Waals surface area contributed by atoms with E-state index in [1.807, 2.05) is 31.2 Å². The zero-order valence-corrected chi connectivity index (χ0v) is 13.5. The van der Waals surface area contributed by atoms with Crippen molar-refractivity contribution in [2.45, 2.75) is 44.9 Å². The Bertz CT molecular complexity index is 576. The van der Waals surface area contributed by atoms with Gasteiger partial charge >= 0.3 is 5.97 Å². The van der Waals surface area contributed by atoms with Crippen molar-refractivity contribution in [3.63, 3.8) is 0 Å². The highest BCUT2D eigenvalue weighted by Crippen LogP contribution is 2.45. The highest BCUT2D eigenvalue weighted by molar-refractivity contribution is 5.80. The molecule has 1 fully saturated rings. The van der Waals surface area contributed by atoms with Crippen LogP contribution in [0.3, 0.4) is 0 Å². The second kappa shape index (κ2) is 8.47. The molecular formula is C19H23NO3. The average molecular weight is 313 g/mol. The third-order valence-corrected chi connectivity index (χ3v) is 4.58. The van der Waals surface area contributed by atoms with E-state index < -0.39 is 0 Å². The third-order valence-electron chi connectivity index (χ3n) is 4.58. The van der Waals surface area contributed by atoms with Gasteiger partial charge in [0.2, 0.25) is 0 Å². The summed E-state index contributed by atoms with van der Waals surface area (Å²) in [6.07, 6.45) is 2.82. The molecule has 0 aromatic heterocycles. The predicted molar refractivity (Wildman–Crippen MR) is 86.5 cm³/mol. The van der Waals surface area contributed by atoms with E-state index in [2.05, 4.69) is 12.1 Å². The van der Waals surface area contributed by atoms with Crippen LogP contribution in [-0.2, 0) is 14.3 Å². The van der Waals surface area contributed by atoms with Crippen LogP contribution in [0.4, 0.5) is 0 Å². The number of nitriles is 1. The molecular weight excluding hydrogens is 290 g/mol. The summed E-state index contributed by atoms with van der Waals surface area (Å²) in [6.45, 7) is 2.21. The van der Waals surface area contributed by atoms with Crippen molar-refractivity contribution in [1.29, 1.82) is 5.26 Å². The molecule has 1 aromatic rings. The monoisotopic (exact) mass is 313 g/mol. The van der Waals surface area contributed by atoms with Crippen molar-refractivity contribution in [3.8, 4) is 6.07 Å². The smallest absolute Gasteiger partial charge is 0.309 e. The van der Waals surface area contributed by atoms with E-state index in [0.29, 0.717) is 18.9 Å². The van der Waals surface area contributed by atoms with Crippen LogP contribution in [0, 0.1) is 23.2 Å². The maximum Gasteiger partial charge on any atom is 0.309 e. The van der Waals surface area contributed by atoms with E-state index in [4.69, 9.17) is 10.00 Å². The lowest BCUT2D eigenvalue weighted by molar-refractivity contribution is -0.148. The molecule has 3 atom stereocenters. The van der Waals surface area contributed by atoms with Gasteiger partial charge in [0.25, 0.3) is 0 Å². The summed E-state index contributed by atoms with van der Waals surface area (Å²) >= 11 is 0. The minimum atomic E-state index is -0.132. The highest BCUT2D eigenvalue weighted by Gasteiger charge is 2.40. The molecule has 0 bridgehead atoms. The molecule has 1 aliphatic carbocycles. The van der Waals surface area contributed by atoms with Crippen LogP contribution in [0.5, 0.6) is 0 Å². The second-order valence-corrected chi connectivity index (χ2v) is 6.13. The van der Waals surface area contributed by atoms with Gasteiger partial charge in [-0.3, -0.25) is 9.59 Å².